The number of aromatic amines is 1. The van der Waals surface area contributed by atoms with Crippen LogP contribution in [0.3, 0.4) is 0 Å². The van der Waals surface area contributed by atoms with Gasteiger partial charge in [0.15, 0.2) is 5.78 Å². The van der Waals surface area contributed by atoms with Gasteiger partial charge in [-0.15, -0.1) is 0 Å². The smallest absolute Gasteiger partial charge is 0.256 e. The number of aliphatic hydroxyl groups excluding tert-OH is 1. The molecule has 4 N–H and O–H groups in total. The van der Waals surface area contributed by atoms with Gasteiger partial charge < -0.3 is 25.5 Å². The number of halogens is 1. The molecule has 4 rings (SSSR count). The summed E-state index contributed by atoms with van der Waals surface area (Å²) in [6.07, 6.45) is 2.60. The van der Waals surface area contributed by atoms with Crippen LogP contribution in [0.2, 0.25) is 0 Å². The predicted molar refractivity (Wildman–Crippen MR) is 120 cm³/mol. The summed E-state index contributed by atoms with van der Waals surface area (Å²) in [6.45, 7) is 4.05. The van der Waals surface area contributed by atoms with Crippen LogP contribution in [0.25, 0.3) is 11.6 Å². The number of hydrogen-bond donors (Lipinski definition) is 4. The number of anilines is 1. The van der Waals surface area contributed by atoms with E-state index in [0.29, 0.717) is 47.0 Å². The zero-order chi connectivity index (χ0) is 23.7. The molecule has 0 bridgehead atoms. The number of ether oxygens (including phenoxy) is 1. The van der Waals surface area contributed by atoms with E-state index in [-0.39, 0.29) is 29.6 Å². The lowest BCUT2D eigenvalue weighted by atomic mass is 9.98. The monoisotopic (exact) mass is 455 g/mol. The number of ketones is 1. The molecule has 2 atom stereocenters. The SMILES string of the molecule is Cc1[nH]c(/C=C2\C(=O)Nc3ccc(F)cc32)c(C)c1C(=O)N[C@H](CO)C(=O)CC1CCOC1. The number of amides is 2. The van der Waals surface area contributed by atoms with Gasteiger partial charge in [-0.3, -0.25) is 14.4 Å². The number of fused-ring (bicyclic) bond motifs is 1. The maximum absolute atomic E-state index is 13.7. The molecule has 33 heavy (non-hydrogen) atoms. The van der Waals surface area contributed by atoms with Crippen LogP contribution in [-0.4, -0.2) is 53.6 Å². The molecule has 0 radical (unpaired) electrons. The Morgan fingerprint density at radius 1 is 1.36 bits per heavy atom. The lowest BCUT2D eigenvalue weighted by Gasteiger charge is -2.17. The number of Topliss-reactive ketones (excluding diaryl/α,β-unsaturated/α-hetero) is 1. The van der Waals surface area contributed by atoms with Gasteiger partial charge in [-0.05, 0) is 56.0 Å². The third-order valence-corrected chi connectivity index (χ3v) is 6.15. The van der Waals surface area contributed by atoms with Crippen molar-refractivity contribution in [2.75, 3.05) is 25.1 Å². The number of rotatable bonds is 7. The number of nitrogens with one attached hydrogen (secondary N) is 3. The van der Waals surface area contributed by atoms with Crippen molar-refractivity contribution < 1.29 is 28.6 Å². The molecule has 9 heteroatoms. The van der Waals surface area contributed by atoms with Crippen LogP contribution >= 0.6 is 0 Å². The molecule has 174 valence electrons. The number of aromatic nitrogens is 1. The van der Waals surface area contributed by atoms with Crippen molar-refractivity contribution in [1.82, 2.24) is 10.3 Å². The first-order valence-corrected chi connectivity index (χ1v) is 10.8. The molecular formula is C24H26FN3O5. The number of carbonyl (C=O) groups is 3. The molecule has 2 amide bonds. The molecule has 1 saturated heterocycles. The quantitative estimate of drug-likeness (QED) is 0.478. The molecule has 3 heterocycles. The zero-order valence-corrected chi connectivity index (χ0v) is 18.5. The molecule has 1 unspecified atom stereocenters. The first kappa shape index (κ1) is 22.9. The maximum Gasteiger partial charge on any atom is 0.256 e. The van der Waals surface area contributed by atoms with Crippen LogP contribution in [0.15, 0.2) is 18.2 Å². The van der Waals surface area contributed by atoms with E-state index in [1.165, 1.54) is 18.2 Å². The maximum atomic E-state index is 13.7. The topological polar surface area (TPSA) is 121 Å². The minimum absolute atomic E-state index is 0.0997. The average Bonchev–Trinajstić information content (AvgIpc) is 3.46. The summed E-state index contributed by atoms with van der Waals surface area (Å²) in [4.78, 5) is 41.1. The highest BCUT2D eigenvalue weighted by Crippen LogP contribution is 2.34. The Labute approximate surface area is 190 Å². The number of H-pyrrole nitrogens is 1. The predicted octanol–water partition coefficient (Wildman–Crippen LogP) is 2.35. The summed E-state index contributed by atoms with van der Waals surface area (Å²) in [7, 11) is 0. The van der Waals surface area contributed by atoms with Crippen molar-refractivity contribution in [3.8, 4) is 0 Å². The van der Waals surface area contributed by atoms with Gasteiger partial charge in [-0.1, -0.05) is 0 Å². The van der Waals surface area contributed by atoms with Crippen molar-refractivity contribution in [1.29, 1.82) is 0 Å². The molecule has 2 aliphatic rings. The molecule has 2 aliphatic heterocycles. The standard InChI is InChI=1S/C24H26FN3O5/c1-12-19(9-17-16-8-15(25)3-4-18(16)27-23(17)31)26-13(2)22(12)24(32)28-20(10-29)21(30)7-14-5-6-33-11-14/h3-4,8-9,14,20,26,29H,5-7,10-11H2,1-2H3,(H,27,31)(H,28,32)/b17-9-/t14?,20-/m1/s1. The first-order chi connectivity index (χ1) is 15.8. The van der Waals surface area contributed by atoms with E-state index in [0.717, 1.165) is 6.42 Å². The van der Waals surface area contributed by atoms with Crippen molar-refractivity contribution in [2.24, 2.45) is 5.92 Å². The van der Waals surface area contributed by atoms with Crippen LogP contribution in [0.1, 0.15) is 45.7 Å². The lowest BCUT2D eigenvalue weighted by Crippen LogP contribution is -2.44. The minimum atomic E-state index is -1.01. The molecule has 0 saturated carbocycles. The third-order valence-electron chi connectivity index (χ3n) is 6.15. The van der Waals surface area contributed by atoms with Gasteiger partial charge in [0.05, 0.1) is 17.7 Å². The molecule has 0 spiro atoms. The molecule has 2 aromatic rings. The van der Waals surface area contributed by atoms with Crippen molar-refractivity contribution in [3.63, 3.8) is 0 Å². The van der Waals surface area contributed by atoms with Gasteiger partial charge >= 0.3 is 0 Å². The second kappa shape index (κ2) is 9.29. The lowest BCUT2D eigenvalue weighted by molar-refractivity contribution is -0.122. The fourth-order valence-electron chi connectivity index (χ4n) is 4.34. The van der Waals surface area contributed by atoms with E-state index in [1.807, 2.05) is 0 Å². The Bertz CT molecular complexity index is 1150. The Hall–Kier alpha value is -3.30. The molecule has 8 nitrogen and oxygen atoms in total. The van der Waals surface area contributed by atoms with Crippen molar-refractivity contribution >= 4 is 34.9 Å². The van der Waals surface area contributed by atoms with Crippen LogP contribution in [0.4, 0.5) is 10.1 Å². The van der Waals surface area contributed by atoms with Crippen molar-refractivity contribution in [3.05, 3.63) is 52.1 Å². The largest absolute Gasteiger partial charge is 0.394 e. The number of aliphatic hydroxyl groups is 1. The highest BCUT2D eigenvalue weighted by atomic mass is 19.1. The number of aryl methyl sites for hydroxylation is 1. The van der Waals surface area contributed by atoms with Crippen LogP contribution < -0.4 is 10.6 Å². The number of carbonyl (C=O) groups excluding carboxylic acids is 3. The number of benzene rings is 1. The van der Waals surface area contributed by atoms with E-state index in [2.05, 4.69) is 15.6 Å². The second-order valence-corrected chi connectivity index (χ2v) is 8.47. The highest BCUT2D eigenvalue weighted by Gasteiger charge is 2.29. The van der Waals surface area contributed by atoms with Crippen LogP contribution in [-0.2, 0) is 14.3 Å². The summed E-state index contributed by atoms with van der Waals surface area (Å²) in [5.74, 6) is -1.46. The minimum Gasteiger partial charge on any atom is -0.394 e. The Morgan fingerprint density at radius 2 is 2.15 bits per heavy atom. The van der Waals surface area contributed by atoms with E-state index in [1.54, 1.807) is 19.9 Å². The first-order valence-electron chi connectivity index (χ1n) is 10.8. The van der Waals surface area contributed by atoms with E-state index in [4.69, 9.17) is 4.74 Å². The summed E-state index contributed by atoms with van der Waals surface area (Å²) < 4.78 is 19.0. The highest BCUT2D eigenvalue weighted by molar-refractivity contribution is 6.34. The van der Waals surface area contributed by atoms with E-state index >= 15 is 0 Å². The fourth-order valence-corrected chi connectivity index (χ4v) is 4.34. The van der Waals surface area contributed by atoms with Gasteiger partial charge in [-0.25, -0.2) is 4.39 Å². The summed E-state index contributed by atoms with van der Waals surface area (Å²) in [5, 5.41) is 15.0. The van der Waals surface area contributed by atoms with Gasteiger partial charge in [0.2, 0.25) is 0 Å². The summed E-state index contributed by atoms with van der Waals surface area (Å²) in [5.41, 5.74) is 3.21. The molecule has 1 aromatic carbocycles. The van der Waals surface area contributed by atoms with Crippen molar-refractivity contribution in [2.45, 2.75) is 32.7 Å². The zero-order valence-electron chi connectivity index (χ0n) is 18.5. The van der Waals surface area contributed by atoms with Gasteiger partial charge in [0.25, 0.3) is 11.8 Å². The van der Waals surface area contributed by atoms with E-state index in [9.17, 15) is 23.9 Å². The molecule has 0 aliphatic carbocycles. The van der Waals surface area contributed by atoms with Gasteiger partial charge in [0, 0.05) is 42.3 Å². The summed E-state index contributed by atoms with van der Waals surface area (Å²) in [6, 6.07) is 3.04. The normalized spacial score (nSPS) is 19.5. The molecule has 1 fully saturated rings. The number of hydrogen-bond acceptors (Lipinski definition) is 5. The van der Waals surface area contributed by atoms with Gasteiger partial charge in [0.1, 0.15) is 11.9 Å². The molecular weight excluding hydrogens is 429 g/mol. The fraction of sp³-hybridized carbons (Fsp3) is 0.375. The second-order valence-electron chi connectivity index (χ2n) is 8.47. The Kier molecular flexibility index (Phi) is 6.44. The van der Waals surface area contributed by atoms with Crippen LogP contribution in [0, 0.1) is 25.6 Å². The van der Waals surface area contributed by atoms with Crippen LogP contribution in [0.5, 0.6) is 0 Å². The third kappa shape index (κ3) is 4.60. The Morgan fingerprint density at radius 3 is 2.85 bits per heavy atom. The van der Waals surface area contributed by atoms with Gasteiger partial charge in [-0.2, -0.15) is 0 Å². The Balaban J connectivity index is 1.56. The summed E-state index contributed by atoms with van der Waals surface area (Å²) >= 11 is 0. The molecule has 1 aromatic heterocycles. The van der Waals surface area contributed by atoms with E-state index < -0.39 is 24.4 Å². The average molecular weight is 455 g/mol.